The molecule has 0 saturated carbocycles. The average molecular weight is 546 g/mol. The van der Waals surface area contributed by atoms with Gasteiger partial charge in [0.25, 0.3) is 11.4 Å². The minimum atomic E-state index is -4.34. The standard InChI is InChI=1S/C23H29F2N2O9P/c1-14(2)34-18(29)15(3)12-37(32,36-16-8-6-5-7-9-16)33-13-23(25)19(30)22(4,24)20(35-23)27-11-10-17(28)26-21(27)31/h5-11,14-15,19-20,30H,12-13H2,1-4H3,(H,26,28,31)/t15-,19+,20-,22-,23-,37-/m1/s1. The molecule has 1 fully saturated rings. The lowest BCUT2D eigenvalue weighted by atomic mass is 9.97. The summed E-state index contributed by atoms with van der Waals surface area (Å²) in [6.07, 6.45) is -4.60. The zero-order chi connectivity index (χ0) is 27.6. The molecule has 3 rings (SSSR count). The summed E-state index contributed by atoms with van der Waals surface area (Å²) in [6, 6.07) is 8.63. The van der Waals surface area contributed by atoms with Gasteiger partial charge in [0, 0.05) is 12.3 Å². The highest BCUT2D eigenvalue weighted by Gasteiger charge is 2.65. The highest BCUT2D eigenvalue weighted by atomic mass is 31.2. The van der Waals surface area contributed by atoms with Crippen molar-refractivity contribution >= 4 is 13.6 Å². The Labute approximate surface area is 210 Å². The van der Waals surface area contributed by atoms with Crippen molar-refractivity contribution in [3.05, 3.63) is 63.4 Å². The van der Waals surface area contributed by atoms with Gasteiger partial charge in [-0.2, -0.15) is 0 Å². The molecule has 2 N–H and O–H groups in total. The molecule has 0 spiro atoms. The number of esters is 1. The molecular weight excluding hydrogens is 517 g/mol. The van der Waals surface area contributed by atoms with Gasteiger partial charge in [0.2, 0.25) is 0 Å². The van der Waals surface area contributed by atoms with E-state index in [2.05, 4.69) is 0 Å². The first-order chi connectivity index (χ1) is 17.2. The molecule has 1 aromatic carbocycles. The molecule has 0 unspecified atom stereocenters. The van der Waals surface area contributed by atoms with E-state index in [1.807, 2.05) is 4.98 Å². The Kier molecular flexibility index (Phi) is 8.43. The van der Waals surface area contributed by atoms with E-state index in [1.165, 1.54) is 19.1 Å². The summed E-state index contributed by atoms with van der Waals surface area (Å²) in [5, 5.41) is 10.5. The lowest BCUT2D eigenvalue weighted by Gasteiger charge is -2.28. The Hall–Kier alpha value is -2.86. The van der Waals surface area contributed by atoms with Gasteiger partial charge in [-0.25, -0.2) is 18.1 Å². The van der Waals surface area contributed by atoms with E-state index in [1.54, 1.807) is 32.0 Å². The monoisotopic (exact) mass is 546 g/mol. The Morgan fingerprint density at radius 3 is 2.46 bits per heavy atom. The predicted octanol–water partition coefficient (Wildman–Crippen LogP) is 2.70. The number of hydrogen-bond donors (Lipinski definition) is 2. The van der Waals surface area contributed by atoms with Crippen LogP contribution in [0.3, 0.4) is 0 Å². The van der Waals surface area contributed by atoms with E-state index in [0.717, 1.165) is 19.2 Å². The summed E-state index contributed by atoms with van der Waals surface area (Å²) in [6.45, 7) is 4.19. The van der Waals surface area contributed by atoms with E-state index >= 15 is 8.78 Å². The highest BCUT2D eigenvalue weighted by Crippen LogP contribution is 2.53. The summed E-state index contributed by atoms with van der Waals surface area (Å²) in [4.78, 5) is 37.7. The number of para-hydroxylation sites is 1. The van der Waals surface area contributed by atoms with Crippen molar-refractivity contribution in [2.24, 2.45) is 5.92 Å². The van der Waals surface area contributed by atoms with Crippen molar-refractivity contribution < 1.29 is 41.8 Å². The second kappa shape index (κ2) is 10.9. The molecule has 2 aromatic rings. The Morgan fingerprint density at radius 1 is 1.22 bits per heavy atom. The normalized spacial score (nSPS) is 28.0. The number of carbonyl (C=O) groups excluding carboxylic acids is 1. The fourth-order valence-electron chi connectivity index (χ4n) is 3.68. The van der Waals surface area contributed by atoms with Crippen molar-refractivity contribution in [2.75, 3.05) is 12.8 Å². The molecule has 14 heteroatoms. The maximum Gasteiger partial charge on any atom is 0.380 e. The molecule has 0 aliphatic carbocycles. The minimum absolute atomic E-state index is 0.0871. The lowest BCUT2D eigenvalue weighted by Crippen LogP contribution is -2.47. The fourth-order valence-corrected chi connectivity index (χ4v) is 5.55. The molecule has 0 radical (unpaired) electrons. The Morgan fingerprint density at radius 2 is 1.86 bits per heavy atom. The molecule has 6 atom stereocenters. The highest BCUT2D eigenvalue weighted by molar-refractivity contribution is 7.54. The zero-order valence-corrected chi connectivity index (χ0v) is 21.5. The number of hydrogen-bond acceptors (Lipinski definition) is 9. The van der Waals surface area contributed by atoms with Crippen LogP contribution in [0.1, 0.15) is 33.9 Å². The van der Waals surface area contributed by atoms with Crippen LogP contribution < -0.4 is 15.8 Å². The lowest BCUT2D eigenvalue weighted by molar-refractivity contribution is -0.203. The third kappa shape index (κ3) is 6.53. The van der Waals surface area contributed by atoms with Crippen LogP contribution in [0.25, 0.3) is 0 Å². The molecule has 11 nitrogen and oxygen atoms in total. The van der Waals surface area contributed by atoms with Crippen LogP contribution in [0.15, 0.2) is 52.2 Å². The van der Waals surface area contributed by atoms with Gasteiger partial charge in [0.1, 0.15) is 12.4 Å². The van der Waals surface area contributed by atoms with Gasteiger partial charge >= 0.3 is 19.3 Å². The van der Waals surface area contributed by atoms with Gasteiger partial charge in [0.15, 0.2) is 18.0 Å². The number of nitrogens with zero attached hydrogens (tertiary/aromatic N) is 1. The van der Waals surface area contributed by atoms with Gasteiger partial charge in [-0.15, -0.1) is 0 Å². The summed E-state index contributed by atoms with van der Waals surface area (Å²) >= 11 is 0. The third-order valence-electron chi connectivity index (χ3n) is 5.53. The second-order valence-electron chi connectivity index (χ2n) is 9.19. The molecule has 37 heavy (non-hydrogen) atoms. The summed E-state index contributed by atoms with van der Waals surface area (Å²) in [5.74, 6) is -4.90. The number of aromatic amines is 1. The summed E-state index contributed by atoms with van der Waals surface area (Å²) in [5.41, 5.74) is -4.76. The van der Waals surface area contributed by atoms with Crippen molar-refractivity contribution in [3.8, 4) is 5.75 Å². The van der Waals surface area contributed by atoms with Crippen LogP contribution in [-0.4, -0.2) is 57.1 Å². The minimum Gasteiger partial charge on any atom is -0.463 e. The predicted molar refractivity (Wildman–Crippen MR) is 127 cm³/mol. The molecule has 1 saturated heterocycles. The first kappa shape index (κ1) is 28.7. The second-order valence-corrected chi connectivity index (χ2v) is 11.2. The molecule has 204 valence electrons. The number of carbonyl (C=O) groups is 1. The average Bonchev–Trinajstić information content (AvgIpc) is 2.98. The largest absolute Gasteiger partial charge is 0.463 e. The van der Waals surface area contributed by atoms with Gasteiger partial charge < -0.3 is 19.1 Å². The van der Waals surface area contributed by atoms with E-state index in [4.69, 9.17) is 18.5 Å². The molecule has 1 aliphatic rings. The van der Waals surface area contributed by atoms with Crippen LogP contribution in [0, 0.1) is 5.92 Å². The fraction of sp³-hybridized carbons (Fsp3) is 0.522. The van der Waals surface area contributed by atoms with Gasteiger partial charge in [-0.1, -0.05) is 25.1 Å². The number of aliphatic hydroxyl groups is 1. The van der Waals surface area contributed by atoms with Crippen LogP contribution in [0.5, 0.6) is 5.75 Å². The van der Waals surface area contributed by atoms with E-state index in [9.17, 15) is 24.1 Å². The van der Waals surface area contributed by atoms with Crippen LogP contribution in [0.4, 0.5) is 8.78 Å². The SMILES string of the molecule is CC(C)OC(=O)[C@H](C)C[P@@](=O)(OC[C@@]1(F)O[C@@H](n2ccc(=O)[nH]c2=O)[C@](C)(F)[C@@H]1O)Oc1ccccc1. The van der Waals surface area contributed by atoms with Crippen LogP contribution in [-0.2, 0) is 23.4 Å². The van der Waals surface area contributed by atoms with Crippen LogP contribution >= 0.6 is 7.60 Å². The summed E-state index contributed by atoms with van der Waals surface area (Å²) in [7, 11) is -4.34. The number of nitrogens with one attached hydrogen (secondary N) is 1. The van der Waals surface area contributed by atoms with Crippen molar-refractivity contribution in [2.45, 2.75) is 57.7 Å². The maximum absolute atomic E-state index is 15.8. The first-order valence-corrected chi connectivity index (χ1v) is 13.1. The number of benzene rings is 1. The topological polar surface area (TPSA) is 146 Å². The van der Waals surface area contributed by atoms with Gasteiger partial charge in [-0.05, 0) is 32.9 Å². The van der Waals surface area contributed by atoms with Gasteiger partial charge in [0.05, 0.1) is 18.2 Å². The number of rotatable bonds is 10. The number of aromatic nitrogens is 2. The summed E-state index contributed by atoms with van der Waals surface area (Å²) < 4.78 is 66.5. The molecule has 0 bridgehead atoms. The number of ether oxygens (including phenoxy) is 2. The zero-order valence-electron chi connectivity index (χ0n) is 20.6. The molecule has 2 heterocycles. The first-order valence-electron chi connectivity index (χ1n) is 11.4. The molecule has 1 aliphatic heterocycles. The van der Waals surface area contributed by atoms with Crippen molar-refractivity contribution in [1.29, 1.82) is 0 Å². The van der Waals surface area contributed by atoms with Crippen LogP contribution in [0.2, 0.25) is 0 Å². The van der Waals surface area contributed by atoms with E-state index in [-0.39, 0.29) is 5.75 Å². The van der Waals surface area contributed by atoms with E-state index in [0.29, 0.717) is 4.57 Å². The van der Waals surface area contributed by atoms with Gasteiger partial charge in [-0.3, -0.25) is 23.7 Å². The molecule has 1 aromatic heterocycles. The third-order valence-corrected chi connectivity index (χ3v) is 7.54. The number of halogens is 2. The van der Waals surface area contributed by atoms with Crippen molar-refractivity contribution in [3.63, 3.8) is 0 Å². The molecule has 0 amide bonds. The van der Waals surface area contributed by atoms with E-state index < -0.39 is 73.5 Å². The number of H-pyrrole nitrogens is 1. The smallest absolute Gasteiger partial charge is 0.380 e. The number of aliphatic hydroxyl groups excluding tert-OH is 1. The maximum atomic E-state index is 15.8. The quantitative estimate of drug-likeness (QED) is 0.339. The molecular formula is C23H29F2N2O9P. The number of alkyl halides is 2. The Bertz CT molecular complexity index is 1270. The Balaban J connectivity index is 1.86. The van der Waals surface area contributed by atoms with Crippen molar-refractivity contribution in [1.82, 2.24) is 9.55 Å².